The summed E-state index contributed by atoms with van der Waals surface area (Å²) in [5.74, 6) is 0. The molecule has 1 atom stereocenters. The van der Waals surface area contributed by atoms with E-state index in [2.05, 4.69) is 10.2 Å². The van der Waals surface area contributed by atoms with Crippen LogP contribution in [0.1, 0.15) is 36.9 Å². The summed E-state index contributed by atoms with van der Waals surface area (Å²) in [6.07, 6.45) is 0. The van der Waals surface area contributed by atoms with E-state index in [4.69, 9.17) is 4.99 Å². The fourth-order valence-corrected chi connectivity index (χ4v) is 3.89. The SMILES string of the molecule is CC1(C)N=C(c2cc3ccccc3nn2)c2sccc2C1(C)F. The van der Waals surface area contributed by atoms with Gasteiger partial charge in [0, 0.05) is 10.9 Å². The molecule has 3 heterocycles. The highest BCUT2D eigenvalue weighted by Gasteiger charge is 2.48. The summed E-state index contributed by atoms with van der Waals surface area (Å²) in [6.45, 7) is 5.25. The molecule has 1 unspecified atom stereocenters. The second-order valence-corrected chi connectivity index (χ2v) is 7.39. The number of rotatable bonds is 1. The standard InChI is InChI=1S/C18H16FN3S/c1-17(2)18(3,19)12-8-9-23-16(12)15(20-17)14-10-11-6-4-5-7-13(11)21-22-14/h4-10H,1-3H3. The molecular formula is C18H16FN3S. The maximum absolute atomic E-state index is 15.3. The first kappa shape index (κ1) is 14.5. The summed E-state index contributed by atoms with van der Waals surface area (Å²) in [5, 5.41) is 11.5. The van der Waals surface area contributed by atoms with E-state index in [0.717, 1.165) is 21.5 Å². The van der Waals surface area contributed by atoms with Gasteiger partial charge in [-0.3, -0.25) is 4.99 Å². The van der Waals surface area contributed by atoms with Gasteiger partial charge in [0.2, 0.25) is 0 Å². The molecule has 1 aromatic carbocycles. The van der Waals surface area contributed by atoms with Gasteiger partial charge in [-0.15, -0.1) is 21.5 Å². The minimum absolute atomic E-state index is 0.687. The smallest absolute Gasteiger partial charge is 0.159 e. The molecule has 0 fully saturated rings. The van der Waals surface area contributed by atoms with Gasteiger partial charge in [-0.25, -0.2) is 4.39 Å². The number of benzene rings is 1. The van der Waals surface area contributed by atoms with E-state index in [0.29, 0.717) is 11.3 Å². The molecule has 3 aromatic rings. The fraction of sp³-hybridized carbons (Fsp3) is 0.278. The highest BCUT2D eigenvalue weighted by molar-refractivity contribution is 7.12. The number of hydrogen-bond acceptors (Lipinski definition) is 4. The quantitative estimate of drug-likeness (QED) is 0.660. The predicted octanol–water partition coefficient (Wildman–Crippen LogP) is 4.51. The number of thiophene rings is 1. The number of nitrogens with zero attached hydrogens (tertiary/aromatic N) is 3. The Morgan fingerprint density at radius 1 is 1.04 bits per heavy atom. The number of aromatic nitrogens is 2. The van der Waals surface area contributed by atoms with Gasteiger partial charge in [-0.1, -0.05) is 18.2 Å². The van der Waals surface area contributed by atoms with Gasteiger partial charge in [-0.2, -0.15) is 0 Å². The lowest BCUT2D eigenvalue weighted by Gasteiger charge is -2.39. The Hall–Kier alpha value is -2.14. The highest BCUT2D eigenvalue weighted by Crippen LogP contribution is 2.46. The van der Waals surface area contributed by atoms with Crippen molar-refractivity contribution in [2.75, 3.05) is 0 Å². The molecule has 3 nitrogen and oxygen atoms in total. The molecule has 0 radical (unpaired) electrons. The van der Waals surface area contributed by atoms with E-state index in [9.17, 15) is 0 Å². The highest BCUT2D eigenvalue weighted by atomic mass is 32.1. The lowest BCUT2D eigenvalue weighted by atomic mass is 9.78. The molecule has 2 aromatic heterocycles. The van der Waals surface area contributed by atoms with Crippen LogP contribution in [0, 0.1) is 0 Å². The van der Waals surface area contributed by atoms with E-state index < -0.39 is 11.2 Å². The Morgan fingerprint density at radius 2 is 1.83 bits per heavy atom. The van der Waals surface area contributed by atoms with Gasteiger partial charge in [0.25, 0.3) is 0 Å². The zero-order chi connectivity index (χ0) is 16.2. The monoisotopic (exact) mass is 325 g/mol. The van der Waals surface area contributed by atoms with Crippen LogP contribution in [-0.2, 0) is 5.67 Å². The van der Waals surface area contributed by atoms with Crippen LogP contribution in [0.25, 0.3) is 10.9 Å². The summed E-state index contributed by atoms with van der Waals surface area (Å²) in [7, 11) is 0. The first-order chi connectivity index (χ1) is 10.9. The molecule has 5 heteroatoms. The molecule has 4 rings (SSSR count). The fourth-order valence-electron chi connectivity index (χ4n) is 2.90. The Balaban J connectivity index is 1.95. The maximum atomic E-state index is 15.3. The number of alkyl halides is 1. The lowest BCUT2D eigenvalue weighted by molar-refractivity contribution is 0.0947. The second kappa shape index (κ2) is 4.68. The minimum Gasteiger partial charge on any atom is -0.272 e. The molecule has 116 valence electrons. The zero-order valence-corrected chi connectivity index (χ0v) is 14.0. The summed E-state index contributed by atoms with van der Waals surface area (Å²) in [5.41, 5.74) is 0.588. The number of hydrogen-bond donors (Lipinski definition) is 0. The van der Waals surface area contributed by atoms with Crippen molar-refractivity contribution in [2.24, 2.45) is 4.99 Å². The van der Waals surface area contributed by atoms with Gasteiger partial charge in [-0.05, 0) is 44.4 Å². The average Bonchev–Trinajstić information content (AvgIpc) is 3.01. The third-order valence-corrected chi connectivity index (χ3v) is 5.58. The molecule has 0 bridgehead atoms. The number of fused-ring (bicyclic) bond motifs is 2. The van der Waals surface area contributed by atoms with Crippen molar-refractivity contribution in [3.8, 4) is 0 Å². The molecule has 1 aliphatic heterocycles. The van der Waals surface area contributed by atoms with Crippen LogP contribution < -0.4 is 0 Å². The molecule has 0 amide bonds. The summed E-state index contributed by atoms with van der Waals surface area (Å²) in [6, 6.07) is 11.6. The van der Waals surface area contributed by atoms with Crippen molar-refractivity contribution in [3.63, 3.8) is 0 Å². The minimum atomic E-state index is -1.50. The van der Waals surface area contributed by atoms with Crippen LogP contribution in [-0.4, -0.2) is 21.4 Å². The van der Waals surface area contributed by atoms with Gasteiger partial charge in [0.15, 0.2) is 5.67 Å². The van der Waals surface area contributed by atoms with E-state index in [1.54, 1.807) is 6.92 Å². The van der Waals surface area contributed by atoms with Crippen LogP contribution in [0.4, 0.5) is 4.39 Å². The van der Waals surface area contributed by atoms with Crippen molar-refractivity contribution in [2.45, 2.75) is 32.0 Å². The lowest BCUT2D eigenvalue weighted by Crippen LogP contribution is -2.44. The van der Waals surface area contributed by atoms with Crippen LogP contribution in [0.3, 0.4) is 0 Å². The summed E-state index contributed by atoms with van der Waals surface area (Å²) in [4.78, 5) is 5.55. The van der Waals surface area contributed by atoms with Crippen LogP contribution in [0.15, 0.2) is 46.8 Å². The van der Waals surface area contributed by atoms with Crippen LogP contribution >= 0.6 is 11.3 Å². The van der Waals surface area contributed by atoms with Crippen LogP contribution in [0.5, 0.6) is 0 Å². The van der Waals surface area contributed by atoms with E-state index >= 15 is 4.39 Å². The molecule has 0 aliphatic carbocycles. The van der Waals surface area contributed by atoms with Crippen molar-refractivity contribution in [1.29, 1.82) is 0 Å². The number of aliphatic imine (C=N–C) groups is 1. The van der Waals surface area contributed by atoms with Gasteiger partial charge in [0.1, 0.15) is 11.4 Å². The topological polar surface area (TPSA) is 38.1 Å². The first-order valence-corrected chi connectivity index (χ1v) is 8.38. The summed E-state index contributed by atoms with van der Waals surface area (Å²) >= 11 is 1.50. The third-order valence-electron chi connectivity index (χ3n) is 4.66. The van der Waals surface area contributed by atoms with E-state index in [1.165, 1.54) is 11.3 Å². The average molecular weight is 325 g/mol. The van der Waals surface area contributed by atoms with Crippen LogP contribution in [0.2, 0.25) is 0 Å². The maximum Gasteiger partial charge on any atom is 0.159 e. The molecule has 0 saturated carbocycles. The Kier molecular flexibility index (Phi) is 2.94. The molecule has 0 saturated heterocycles. The molecule has 0 spiro atoms. The van der Waals surface area contributed by atoms with Gasteiger partial charge in [0.05, 0.1) is 15.9 Å². The zero-order valence-electron chi connectivity index (χ0n) is 13.2. The Labute approximate surface area is 137 Å². The number of halogens is 1. The molecule has 0 N–H and O–H groups in total. The van der Waals surface area contributed by atoms with Crippen molar-refractivity contribution >= 4 is 28.0 Å². The van der Waals surface area contributed by atoms with Crippen molar-refractivity contribution < 1.29 is 4.39 Å². The normalized spacial score (nSPS) is 22.7. The Morgan fingerprint density at radius 3 is 2.65 bits per heavy atom. The van der Waals surface area contributed by atoms with E-state index in [1.807, 2.05) is 55.6 Å². The van der Waals surface area contributed by atoms with Gasteiger partial charge >= 0.3 is 0 Å². The van der Waals surface area contributed by atoms with E-state index in [-0.39, 0.29) is 0 Å². The Bertz CT molecular complexity index is 940. The largest absolute Gasteiger partial charge is 0.272 e. The van der Waals surface area contributed by atoms with Crippen molar-refractivity contribution in [3.05, 3.63) is 57.9 Å². The predicted molar refractivity (Wildman–Crippen MR) is 92.0 cm³/mol. The van der Waals surface area contributed by atoms with Gasteiger partial charge < -0.3 is 0 Å². The third kappa shape index (κ3) is 2.03. The first-order valence-electron chi connectivity index (χ1n) is 7.50. The molecule has 23 heavy (non-hydrogen) atoms. The summed E-state index contributed by atoms with van der Waals surface area (Å²) < 4.78 is 15.3. The second-order valence-electron chi connectivity index (χ2n) is 6.47. The molecule has 1 aliphatic rings. The van der Waals surface area contributed by atoms with Crippen molar-refractivity contribution in [1.82, 2.24) is 10.2 Å². The molecular weight excluding hydrogens is 309 g/mol.